The molecule has 0 unspecified atom stereocenters. The summed E-state index contributed by atoms with van der Waals surface area (Å²) >= 11 is 0. The van der Waals surface area contributed by atoms with Crippen molar-refractivity contribution < 1.29 is 27.5 Å². The maximum absolute atomic E-state index is 12.8. The highest BCUT2D eigenvalue weighted by Gasteiger charge is 2.24. The summed E-state index contributed by atoms with van der Waals surface area (Å²) in [5.41, 5.74) is 0.713. The maximum atomic E-state index is 12.8. The van der Waals surface area contributed by atoms with Gasteiger partial charge in [0.15, 0.2) is 17.3 Å². The molecule has 0 spiro atoms. The van der Waals surface area contributed by atoms with Crippen molar-refractivity contribution in [2.24, 2.45) is 0 Å². The Labute approximate surface area is 174 Å². The molecule has 1 fully saturated rings. The van der Waals surface area contributed by atoms with Gasteiger partial charge in [-0.2, -0.15) is 0 Å². The quantitative estimate of drug-likeness (QED) is 0.682. The van der Waals surface area contributed by atoms with Gasteiger partial charge in [-0.05, 0) is 44.0 Å². The third-order valence-corrected chi connectivity index (χ3v) is 6.74. The Morgan fingerprint density at radius 2 is 1.73 bits per heavy atom. The molecule has 1 aliphatic heterocycles. The van der Waals surface area contributed by atoms with Gasteiger partial charge in [0.25, 0.3) is 5.91 Å². The number of carbonyl (C=O) groups is 2. The zero-order valence-electron chi connectivity index (χ0n) is 16.4. The van der Waals surface area contributed by atoms with Crippen LogP contribution in [0.2, 0.25) is 0 Å². The van der Waals surface area contributed by atoms with Crippen LogP contribution in [0.3, 0.4) is 0 Å². The molecule has 158 valence electrons. The van der Waals surface area contributed by atoms with Crippen LogP contribution in [-0.4, -0.2) is 32.9 Å². The second-order valence-electron chi connectivity index (χ2n) is 7.39. The maximum Gasteiger partial charge on any atom is 0.255 e. The van der Waals surface area contributed by atoms with Gasteiger partial charge in [-0.25, -0.2) is 13.1 Å². The van der Waals surface area contributed by atoms with Gasteiger partial charge in [0, 0.05) is 23.2 Å². The first kappa shape index (κ1) is 20.4. The summed E-state index contributed by atoms with van der Waals surface area (Å²) in [7, 11) is -3.72. The van der Waals surface area contributed by atoms with E-state index in [2.05, 4.69) is 10.0 Å². The number of ketones is 1. The predicted octanol–water partition coefficient (Wildman–Crippen LogP) is 3.09. The van der Waals surface area contributed by atoms with E-state index in [4.69, 9.17) is 9.47 Å². The lowest BCUT2D eigenvalue weighted by molar-refractivity contribution is 0.101. The minimum atomic E-state index is -3.72. The van der Waals surface area contributed by atoms with Gasteiger partial charge in [0.2, 0.25) is 16.8 Å². The summed E-state index contributed by atoms with van der Waals surface area (Å²) in [4.78, 5) is 24.8. The molecule has 0 saturated heterocycles. The van der Waals surface area contributed by atoms with Crippen LogP contribution < -0.4 is 19.5 Å². The molecular weight excluding hydrogens is 408 g/mol. The van der Waals surface area contributed by atoms with Crippen molar-refractivity contribution in [1.82, 2.24) is 4.72 Å². The van der Waals surface area contributed by atoms with E-state index in [1.165, 1.54) is 43.3 Å². The van der Waals surface area contributed by atoms with Crippen molar-refractivity contribution in [3.05, 3.63) is 47.5 Å². The minimum absolute atomic E-state index is 0.0273. The monoisotopic (exact) mass is 430 g/mol. The molecule has 1 aliphatic carbocycles. The van der Waals surface area contributed by atoms with Crippen LogP contribution in [0.5, 0.6) is 11.5 Å². The fourth-order valence-electron chi connectivity index (χ4n) is 3.67. The Hall–Kier alpha value is -2.91. The fourth-order valence-corrected chi connectivity index (χ4v) is 5.02. The number of ether oxygens (including phenoxy) is 2. The number of Topliss-reactive ketones (excluding diaryl/α,β-unsaturated/α-hetero) is 1. The second kappa shape index (κ2) is 8.08. The standard InChI is InChI=1S/C21H22N2O6S/c1-13(24)17-10-19-20(29-12-28-19)11-18(17)22-21(25)14-5-4-8-16(9-14)30(26,27)23-15-6-2-3-7-15/h4-5,8-11,15,23H,2-3,6-7,12H2,1H3,(H,22,25). The Bertz CT molecular complexity index is 1110. The zero-order chi connectivity index (χ0) is 21.3. The van der Waals surface area contributed by atoms with Gasteiger partial charge in [-0.1, -0.05) is 18.9 Å². The van der Waals surface area contributed by atoms with Crippen molar-refractivity contribution in [2.45, 2.75) is 43.5 Å². The lowest BCUT2D eigenvalue weighted by atomic mass is 10.1. The normalized spacial score (nSPS) is 15.9. The largest absolute Gasteiger partial charge is 0.454 e. The number of sulfonamides is 1. The lowest BCUT2D eigenvalue weighted by Gasteiger charge is -2.14. The van der Waals surface area contributed by atoms with Crippen molar-refractivity contribution in [3.8, 4) is 11.5 Å². The van der Waals surface area contributed by atoms with E-state index in [1.54, 1.807) is 0 Å². The van der Waals surface area contributed by atoms with Crippen LogP contribution in [-0.2, 0) is 10.0 Å². The Morgan fingerprint density at radius 3 is 2.43 bits per heavy atom. The van der Waals surface area contributed by atoms with Crippen LogP contribution >= 0.6 is 0 Å². The molecule has 0 aromatic heterocycles. The summed E-state index contributed by atoms with van der Waals surface area (Å²) < 4.78 is 38.7. The minimum Gasteiger partial charge on any atom is -0.454 e. The molecule has 9 heteroatoms. The highest BCUT2D eigenvalue weighted by molar-refractivity contribution is 7.89. The average Bonchev–Trinajstić information content (AvgIpc) is 3.38. The number of hydrogen-bond donors (Lipinski definition) is 2. The summed E-state index contributed by atoms with van der Waals surface area (Å²) in [6.45, 7) is 1.42. The lowest BCUT2D eigenvalue weighted by Crippen LogP contribution is -2.32. The van der Waals surface area contributed by atoms with Crippen LogP contribution in [0.25, 0.3) is 0 Å². The molecule has 2 aromatic carbocycles. The van der Waals surface area contributed by atoms with Gasteiger partial charge in [0.1, 0.15) is 0 Å². The van der Waals surface area contributed by atoms with E-state index in [1.807, 2.05) is 0 Å². The first-order valence-corrected chi connectivity index (χ1v) is 11.2. The third-order valence-electron chi connectivity index (χ3n) is 5.22. The van der Waals surface area contributed by atoms with Gasteiger partial charge in [-0.3, -0.25) is 9.59 Å². The molecular formula is C21H22N2O6S. The topological polar surface area (TPSA) is 111 Å². The molecule has 0 bridgehead atoms. The Balaban J connectivity index is 1.58. The number of amides is 1. The number of hydrogen-bond acceptors (Lipinski definition) is 6. The Morgan fingerprint density at radius 1 is 1.03 bits per heavy atom. The van der Waals surface area contributed by atoms with E-state index in [-0.39, 0.29) is 40.3 Å². The molecule has 2 aliphatic rings. The molecule has 2 N–H and O–H groups in total. The van der Waals surface area contributed by atoms with Crippen LogP contribution in [0.1, 0.15) is 53.3 Å². The van der Waals surface area contributed by atoms with Crippen LogP contribution in [0.4, 0.5) is 5.69 Å². The molecule has 4 rings (SSSR count). The van der Waals surface area contributed by atoms with E-state index in [0.29, 0.717) is 11.5 Å². The smallest absolute Gasteiger partial charge is 0.255 e. The molecule has 1 heterocycles. The third kappa shape index (κ3) is 4.17. The van der Waals surface area contributed by atoms with E-state index in [9.17, 15) is 18.0 Å². The molecule has 0 atom stereocenters. The number of nitrogens with one attached hydrogen (secondary N) is 2. The number of anilines is 1. The Kier molecular flexibility index (Phi) is 5.48. The summed E-state index contributed by atoms with van der Waals surface area (Å²) in [5, 5.41) is 2.68. The predicted molar refractivity (Wildman–Crippen MR) is 110 cm³/mol. The van der Waals surface area contributed by atoms with Crippen molar-refractivity contribution in [1.29, 1.82) is 0 Å². The van der Waals surface area contributed by atoms with Gasteiger partial charge in [0.05, 0.1) is 10.6 Å². The van der Waals surface area contributed by atoms with Crippen molar-refractivity contribution in [3.63, 3.8) is 0 Å². The van der Waals surface area contributed by atoms with Crippen molar-refractivity contribution in [2.75, 3.05) is 12.1 Å². The first-order valence-electron chi connectivity index (χ1n) is 9.72. The number of benzene rings is 2. The molecule has 8 nitrogen and oxygen atoms in total. The molecule has 1 amide bonds. The number of rotatable bonds is 6. The van der Waals surface area contributed by atoms with Gasteiger partial charge >= 0.3 is 0 Å². The molecule has 1 saturated carbocycles. The molecule has 2 aromatic rings. The van der Waals surface area contributed by atoms with E-state index < -0.39 is 15.9 Å². The van der Waals surface area contributed by atoms with Gasteiger partial charge < -0.3 is 14.8 Å². The second-order valence-corrected chi connectivity index (χ2v) is 9.11. The number of fused-ring (bicyclic) bond motifs is 1. The highest BCUT2D eigenvalue weighted by Crippen LogP contribution is 2.37. The summed E-state index contributed by atoms with van der Waals surface area (Å²) in [6.07, 6.45) is 3.64. The summed E-state index contributed by atoms with van der Waals surface area (Å²) in [6, 6.07) is 8.79. The van der Waals surface area contributed by atoms with Crippen LogP contribution in [0.15, 0.2) is 41.3 Å². The first-order chi connectivity index (χ1) is 14.3. The SMILES string of the molecule is CC(=O)c1cc2c(cc1NC(=O)c1cccc(S(=O)(=O)NC3CCCC3)c1)OCO2. The van der Waals surface area contributed by atoms with Gasteiger partial charge in [-0.15, -0.1) is 0 Å². The van der Waals surface area contributed by atoms with E-state index in [0.717, 1.165) is 25.7 Å². The zero-order valence-corrected chi connectivity index (χ0v) is 17.3. The fraction of sp³-hybridized carbons (Fsp3) is 0.333. The van der Waals surface area contributed by atoms with E-state index >= 15 is 0 Å². The summed E-state index contributed by atoms with van der Waals surface area (Å²) in [5.74, 6) is 0.0756. The molecule has 0 radical (unpaired) electrons. The van der Waals surface area contributed by atoms with Crippen molar-refractivity contribution >= 4 is 27.4 Å². The average molecular weight is 430 g/mol. The van der Waals surface area contributed by atoms with Crippen LogP contribution in [0, 0.1) is 0 Å². The molecule has 30 heavy (non-hydrogen) atoms. The number of carbonyl (C=O) groups excluding carboxylic acids is 2. The highest BCUT2D eigenvalue weighted by atomic mass is 32.2.